The molecule has 0 aliphatic carbocycles. The summed E-state index contributed by atoms with van der Waals surface area (Å²) in [6.45, 7) is 4.98. The molecular formula is C17H26Cl2N4OS. The van der Waals surface area contributed by atoms with Crippen LogP contribution in [0.4, 0.5) is 0 Å². The maximum atomic E-state index is 12.4. The Kier molecular flexibility index (Phi) is 10.9. The fraction of sp³-hybridized carbons (Fsp3) is 0.471. The zero-order valence-corrected chi connectivity index (χ0v) is 17.0. The van der Waals surface area contributed by atoms with Crippen molar-refractivity contribution >= 4 is 42.1 Å². The quantitative estimate of drug-likeness (QED) is 0.705. The second-order valence-corrected chi connectivity index (χ2v) is 6.48. The summed E-state index contributed by atoms with van der Waals surface area (Å²) in [7, 11) is 0. The molecule has 0 aliphatic rings. The number of hydrogen-bond acceptors (Lipinski definition) is 5. The molecule has 0 saturated heterocycles. The summed E-state index contributed by atoms with van der Waals surface area (Å²) in [5, 5.41) is 6.01. The Labute approximate surface area is 165 Å². The summed E-state index contributed by atoms with van der Waals surface area (Å²) < 4.78 is 0. The molecule has 0 radical (unpaired) electrons. The molecule has 0 saturated carbocycles. The van der Waals surface area contributed by atoms with Crippen LogP contribution < -0.4 is 11.1 Å². The Balaban J connectivity index is 0.00000288. The molecule has 0 unspecified atom stereocenters. The second kappa shape index (κ2) is 11.4. The highest BCUT2D eigenvalue weighted by atomic mass is 35.5. The van der Waals surface area contributed by atoms with Gasteiger partial charge in [0.15, 0.2) is 0 Å². The van der Waals surface area contributed by atoms with Crippen LogP contribution in [0.15, 0.2) is 29.8 Å². The lowest BCUT2D eigenvalue weighted by atomic mass is 9.81. The van der Waals surface area contributed by atoms with E-state index < -0.39 is 5.41 Å². The molecule has 0 fully saturated rings. The number of nitrogens with zero attached hydrogens (tertiary/aromatic N) is 2. The van der Waals surface area contributed by atoms with Crippen LogP contribution in [0.5, 0.6) is 0 Å². The number of halogens is 2. The first kappa shape index (κ1) is 23.8. The van der Waals surface area contributed by atoms with Gasteiger partial charge in [-0.15, -0.1) is 36.2 Å². The molecule has 2 aromatic rings. The van der Waals surface area contributed by atoms with Gasteiger partial charge in [0.05, 0.1) is 21.8 Å². The molecule has 8 heteroatoms. The van der Waals surface area contributed by atoms with Gasteiger partial charge in [-0.3, -0.25) is 9.78 Å². The Bertz CT molecular complexity index is 624. The highest BCUT2D eigenvalue weighted by Crippen LogP contribution is 2.25. The van der Waals surface area contributed by atoms with Crippen molar-refractivity contribution < 1.29 is 4.79 Å². The minimum absolute atomic E-state index is 0. The highest BCUT2D eigenvalue weighted by molar-refractivity contribution is 7.09. The molecule has 0 atom stereocenters. The molecule has 0 spiro atoms. The van der Waals surface area contributed by atoms with Crippen molar-refractivity contribution in [1.29, 1.82) is 0 Å². The number of hydrogen-bond donors (Lipinski definition) is 2. The van der Waals surface area contributed by atoms with Crippen LogP contribution in [-0.4, -0.2) is 29.0 Å². The van der Waals surface area contributed by atoms with Gasteiger partial charge < -0.3 is 11.1 Å². The monoisotopic (exact) mass is 404 g/mol. The number of nitrogens with two attached hydrogens (primary N) is 1. The third-order valence-corrected chi connectivity index (χ3v) is 5.24. The van der Waals surface area contributed by atoms with E-state index in [0.717, 1.165) is 35.7 Å². The first-order chi connectivity index (χ1) is 11.1. The SMILES string of the molecule is CCC(CC)(CN)C(=O)NCCc1nc(-c2ccccn2)cs1.Cl.Cl. The zero-order valence-electron chi connectivity index (χ0n) is 14.5. The van der Waals surface area contributed by atoms with Crippen molar-refractivity contribution in [2.75, 3.05) is 13.1 Å². The molecule has 3 N–H and O–H groups in total. The average Bonchev–Trinajstić information content (AvgIpc) is 3.07. The van der Waals surface area contributed by atoms with E-state index in [1.807, 2.05) is 37.4 Å². The van der Waals surface area contributed by atoms with E-state index in [0.29, 0.717) is 13.1 Å². The van der Waals surface area contributed by atoms with Crippen molar-refractivity contribution in [3.8, 4) is 11.4 Å². The van der Waals surface area contributed by atoms with Crippen LogP contribution in [0.25, 0.3) is 11.4 Å². The van der Waals surface area contributed by atoms with Gasteiger partial charge in [0.1, 0.15) is 0 Å². The molecule has 2 heterocycles. The van der Waals surface area contributed by atoms with Crippen LogP contribution in [0.2, 0.25) is 0 Å². The third-order valence-electron chi connectivity index (χ3n) is 4.33. The van der Waals surface area contributed by atoms with E-state index in [-0.39, 0.29) is 30.7 Å². The van der Waals surface area contributed by atoms with Crippen LogP contribution in [0.1, 0.15) is 31.7 Å². The number of thiazole rings is 1. The lowest BCUT2D eigenvalue weighted by Crippen LogP contribution is -2.45. The van der Waals surface area contributed by atoms with E-state index in [4.69, 9.17) is 5.73 Å². The molecule has 2 aromatic heterocycles. The summed E-state index contributed by atoms with van der Waals surface area (Å²) in [4.78, 5) is 21.2. The normalized spacial score (nSPS) is 10.5. The zero-order chi connectivity index (χ0) is 16.7. The average molecular weight is 405 g/mol. The number of pyridine rings is 1. The Morgan fingerprint density at radius 1 is 1.24 bits per heavy atom. The van der Waals surface area contributed by atoms with E-state index >= 15 is 0 Å². The summed E-state index contributed by atoms with van der Waals surface area (Å²) in [5.74, 6) is 0.0477. The Hall–Kier alpha value is -1.21. The first-order valence-corrected chi connectivity index (χ1v) is 8.87. The predicted molar refractivity (Wildman–Crippen MR) is 109 cm³/mol. The van der Waals surface area contributed by atoms with Crippen molar-refractivity contribution in [2.24, 2.45) is 11.1 Å². The van der Waals surface area contributed by atoms with Gasteiger partial charge in [-0.2, -0.15) is 0 Å². The van der Waals surface area contributed by atoms with E-state index in [1.165, 1.54) is 0 Å². The molecule has 1 amide bonds. The Morgan fingerprint density at radius 3 is 2.52 bits per heavy atom. The summed E-state index contributed by atoms with van der Waals surface area (Å²) in [5.41, 5.74) is 7.12. The molecule has 0 aliphatic heterocycles. The van der Waals surface area contributed by atoms with Crippen molar-refractivity contribution in [3.63, 3.8) is 0 Å². The van der Waals surface area contributed by atoms with Crippen LogP contribution in [0.3, 0.4) is 0 Å². The lowest BCUT2D eigenvalue weighted by Gasteiger charge is -2.28. The minimum Gasteiger partial charge on any atom is -0.355 e. The molecule has 2 rings (SSSR count). The minimum atomic E-state index is -0.442. The highest BCUT2D eigenvalue weighted by Gasteiger charge is 2.32. The maximum Gasteiger partial charge on any atom is 0.227 e. The fourth-order valence-electron chi connectivity index (χ4n) is 2.48. The van der Waals surface area contributed by atoms with Crippen LogP contribution >= 0.6 is 36.2 Å². The van der Waals surface area contributed by atoms with Gasteiger partial charge in [0.2, 0.25) is 5.91 Å². The third kappa shape index (κ3) is 5.92. The fourth-order valence-corrected chi connectivity index (χ4v) is 3.27. The molecule has 140 valence electrons. The standard InChI is InChI=1S/C17H24N4OS.2ClH/c1-3-17(4-2,12-18)16(22)20-10-8-15-21-14(11-23-15)13-7-5-6-9-19-13;;/h5-7,9,11H,3-4,8,10,12,18H2,1-2H3,(H,20,22);2*1H. The number of rotatable bonds is 8. The van der Waals surface area contributed by atoms with E-state index in [1.54, 1.807) is 17.5 Å². The summed E-state index contributed by atoms with van der Waals surface area (Å²) >= 11 is 1.59. The van der Waals surface area contributed by atoms with Crippen molar-refractivity contribution in [2.45, 2.75) is 33.1 Å². The van der Waals surface area contributed by atoms with Gasteiger partial charge in [-0.05, 0) is 25.0 Å². The number of carbonyl (C=O) groups is 1. The van der Waals surface area contributed by atoms with E-state index in [2.05, 4.69) is 15.3 Å². The van der Waals surface area contributed by atoms with Gasteiger partial charge in [0, 0.05) is 31.1 Å². The predicted octanol–water partition coefficient (Wildman–Crippen LogP) is 3.47. The largest absolute Gasteiger partial charge is 0.355 e. The Morgan fingerprint density at radius 2 is 1.96 bits per heavy atom. The second-order valence-electron chi connectivity index (χ2n) is 5.54. The number of nitrogens with one attached hydrogen (secondary N) is 1. The number of carbonyl (C=O) groups excluding carboxylic acids is 1. The molecular weight excluding hydrogens is 379 g/mol. The molecule has 25 heavy (non-hydrogen) atoms. The number of aromatic nitrogens is 2. The molecule has 5 nitrogen and oxygen atoms in total. The van der Waals surface area contributed by atoms with Gasteiger partial charge in [-0.1, -0.05) is 19.9 Å². The maximum absolute atomic E-state index is 12.4. The smallest absolute Gasteiger partial charge is 0.227 e. The topological polar surface area (TPSA) is 80.9 Å². The summed E-state index contributed by atoms with van der Waals surface area (Å²) in [6, 6.07) is 5.78. The van der Waals surface area contributed by atoms with E-state index in [9.17, 15) is 4.79 Å². The first-order valence-electron chi connectivity index (χ1n) is 7.99. The van der Waals surface area contributed by atoms with Crippen LogP contribution in [0, 0.1) is 5.41 Å². The molecule has 0 aromatic carbocycles. The van der Waals surface area contributed by atoms with Gasteiger partial charge in [0.25, 0.3) is 0 Å². The van der Waals surface area contributed by atoms with Gasteiger partial charge >= 0.3 is 0 Å². The molecule has 0 bridgehead atoms. The van der Waals surface area contributed by atoms with Crippen molar-refractivity contribution in [3.05, 3.63) is 34.8 Å². The van der Waals surface area contributed by atoms with Gasteiger partial charge in [-0.25, -0.2) is 4.98 Å². The summed E-state index contributed by atoms with van der Waals surface area (Å²) in [6.07, 6.45) is 3.99. The lowest BCUT2D eigenvalue weighted by molar-refractivity contribution is -0.131. The van der Waals surface area contributed by atoms with Crippen LogP contribution in [-0.2, 0) is 11.2 Å². The van der Waals surface area contributed by atoms with Crippen molar-refractivity contribution in [1.82, 2.24) is 15.3 Å². The number of amides is 1.